The first-order chi connectivity index (χ1) is 65.0. The average molecular weight is 2350 g/mol. The third-order valence-corrected chi connectivity index (χ3v) is 30.0. The minimum atomic E-state index is -4.51. The van der Waals surface area contributed by atoms with Crippen molar-refractivity contribution in [2.24, 2.45) is 35.6 Å². The summed E-state index contributed by atoms with van der Waals surface area (Å²) < 4.78 is 134. The van der Waals surface area contributed by atoms with E-state index >= 15 is 0 Å². The number of aromatic nitrogens is 3. The van der Waals surface area contributed by atoms with E-state index in [2.05, 4.69) is 299 Å². The van der Waals surface area contributed by atoms with Crippen LogP contribution in [0.15, 0.2) is 160 Å². The first kappa shape index (κ1) is 137. The van der Waals surface area contributed by atoms with Crippen LogP contribution in [0.3, 0.4) is 0 Å². The molecule has 0 aliphatic heterocycles. The molecular formula is C114H164Cl2F8Mo4N7O7-3. The van der Waals surface area contributed by atoms with E-state index in [1.807, 2.05) is 77.9 Å². The number of ether oxygens (including phenoxy) is 2. The van der Waals surface area contributed by atoms with Crippen LogP contribution in [-0.4, -0.2) is 74.7 Å². The first-order valence-electron chi connectivity index (χ1n) is 47.3. The smallest absolute Gasteiger partial charge is 0.206 e. The number of alkyl halides is 3. The van der Waals surface area contributed by atoms with Crippen LogP contribution in [0.1, 0.15) is 354 Å². The van der Waals surface area contributed by atoms with Gasteiger partial charge in [0.2, 0.25) is 34.8 Å². The number of aliphatic hydroxyl groups is 2. The predicted molar refractivity (Wildman–Crippen MR) is 568 cm³/mol. The van der Waals surface area contributed by atoms with Crippen LogP contribution in [0.25, 0.3) is 0 Å². The number of rotatable bonds is 14. The van der Waals surface area contributed by atoms with Crippen LogP contribution in [0, 0.1) is 92.3 Å². The fourth-order valence-corrected chi connectivity index (χ4v) is 18.2. The van der Waals surface area contributed by atoms with Crippen molar-refractivity contribution < 1.29 is 142 Å². The molecule has 0 saturated carbocycles. The molecule has 0 amide bonds. The fraction of sp³-hybridized carbons (Fsp3) is 0.491. The van der Waals surface area contributed by atoms with Gasteiger partial charge in [-0.05, 0) is 58.9 Å². The molecule has 10 rings (SSSR count). The Morgan fingerprint density at radius 1 is 0.289 bits per heavy atom. The summed E-state index contributed by atoms with van der Waals surface area (Å²) in [7, 11) is 2.99. The van der Waals surface area contributed by atoms with Gasteiger partial charge in [0.15, 0.2) is 28.6 Å². The number of nitrogens with zero attached hydrogens (tertiary/aromatic N) is 7. The predicted octanol–water partition coefficient (Wildman–Crippen LogP) is 34.8. The van der Waals surface area contributed by atoms with Crippen LogP contribution in [0.5, 0.6) is 28.7 Å². The maximum Gasteiger partial charge on any atom is 0.206 e. The number of benzene rings is 7. The van der Waals surface area contributed by atoms with Crippen molar-refractivity contribution in [1.29, 1.82) is 0 Å². The summed E-state index contributed by atoms with van der Waals surface area (Å²) >= 11 is 9.30. The van der Waals surface area contributed by atoms with Gasteiger partial charge in [0, 0.05) is 0 Å². The van der Waals surface area contributed by atoms with Crippen molar-refractivity contribution in [2.45, 2.75) is 335 Å². The van der Waals surface area contributed by atoms with Crippen molar-refractivity contribution in [3.05, 3.63) is 263 Å². The second kappa shape index (κ2) is 65.5. The Hall–Kier alpha value is -7.25. The molecule has 0 fully saturated rings. The number of phenols is 3. The third-order valence-electron chi connectivity index (χ3n) is 18.5. The molecule has 0 aliphatic rings. The normalized spacial score (nSPS) is 11.2. The molecule has 0 radical (unpaired) electrons. The summed E-state index contributed by atoms with van der Waals surface area (Å²) in [6, 6.07) is 48.5. The Labute approximate surface area is 889 Å². The number of hydrogen-bond donors (Lipinski definition) is 5. The molecule has 3 aromatic heterocycles. The van der Waals surface area contributed by atoms with Crippen LogP contribution >= 0.6 is 23.2 Å². The average Bonchev–Trinajstić information content (AvgIpc) is 0.840. The Bertz CT molecular complexity index is 4940. The number of para-hydroxylation sites is 2. The van der Waals surface area contributed by atoms with Crippen molar-refractivity contribution in [3.63, 3.8) is 0 Å². The number of methoxy groups -OCH3 is 2. The molecule has 7 aromatic carbocycles. The third kappa shape index (κ3) is 57.2. The van der Waals surface area contributed by atoms with Gasteiger partial charge in [-0.15, -0.1) is 0 Å². The minimum Gasteiger partial charge on any atom is -0.665 e. The Morgan fingerprint density at radius 2 is 0.451 bits per heavy atom. The number of hydrogen-bond acceptors (Lipinski definition) is 11. The fourth-order valence-electron chi connectivity index (χ4n) is 11.1. The second-order valence-electron chi connectivity index (χ2n) is 42.0. The zero-order valence-electron chi connectivity index (χ0n) is 91.9. The summed E-state index contributed by atoms with van der Waals surface area (Å²) in [4.78, 5) is 12.3. The van der Waals surface area contributed by atoms with Crippen molar-refractivity contribution >= 4 is 63.6 Å². The van der Waals surface area contributed by atoms with E-state index in [1.165, 1.54) is 81.5 Å². The van der Waals surface area contributed by atoms with Gasteiger partial charge in [-0.2, -0.15) is 56.1 Å². The molecule has 3 heterocycles. The molecule has 14 nitrogen and oxygen atoms in total. The molecule has 794 valence electrons. The Balaban J connectivity index is 0. The minimum absolute atomic E-state index is 0.0394. The molecule has 0 atom stereocenters. The summed E-state index contributed by atoms with van der Waals surface area (Å²) in [5.41, 5.74) is 21.0. The summed E-state index contributed by atoms with van der Waals surface area (Å²) in [5.74, 6) is -7.78. The number of aryl methyl sites for hydroxylation is 6. The van der Waals surface area contributed by atoms with Gasteiger partial charge >= 0.3 is 512 Å². The Morgan fingerprint density at radius 3 is 0.585 bits per heavy atom. The zero-order chi connectivity index (χ0) is 110. The monoisotopic (exact) mass is 2360 g/mol. The molecule has 0 unspecified atom stereocenters. The van der Waals surface area contributed by atoms with Crippen LogP contribution < -0.4 is 24.4 Å². The van der Waals surface area contributed by atoms with Crippen LogP contribution in [0.2, 0.25) is 10.0 Å². The van der Waals surface area contributed by atoms with Crippen molar-refractivity contribution in [3.8, 4) is 28.7 Å². The molecule has 0 bridgehead atoms. The van der Waals surface area contributed by atoms with E-state index in [1.54, 1.807) is 57.2 Å². The van der Waals surface area contributed by atoms with E-state index in [9.17, 15) is 40.2 Å². The quantitative estimate of drug-likeness (QED) is 0.0301. The summed E-state index contributed by atoms with van der Waals surface area (Å²) in [5, 5.41) is 43.9. The SMILES string of the molecule is CC(C)(C)O.CC(C)(O)C(F)(F)F.CC(C)c1cccc(C(C)C)c1[N]=[Mo]=[CH]C(C)(C)C.CC(C)c1cccc(C(C)C)c1[N]=[Mo]=[CH]C(C)(C)C.CC(C)c1cccc(C(C)C)c1[N]=[Mo]=[CH]C(C)(C)C.CC(C)c1cccc(C(C)C)c1[N]=[Mo]=[CH]C(C)(C)C.COc1cccc(OC)c1O.Cc1ccc(C)[n-]1.Cc1ccc(C)[n-]1.Cc1ccc(C)[n-]1.Oc1c(Cl)cccc1Cl.Oc1c(F)c(F)c(F)c(F)c1F. The molecule has 0 spiro atoms. The maximum atomic E-state index is 12.2. The summed E-state index contributed by atoms with van der Waals surface area (Å²) in [6.07, 6.45) is -4.51. The maximum absolute atomic E-state index is 12.2. The second-order valence-corrected chi connectivity index (χ2v) is 49.0. The summed E-state index contributed by atoms with van der Waals surface area (Å²) in [6.45, 7) is 81.8. The van der Waals surface area contributed by atoms with Gasteiger partial charge in [0.25, 0.3) is 0 Å². The van der Waals surface area contributed by atoms with Gasteiger partial charge in [0.05, 0.1) is 29.9 Å². The molecule has 10 aromatic rings. The molecule has 5 N–H and O–H groups in total. The van der Waals surface area contributed by atoms with E-state index in [-0.39, 0.29) is 43.2 Å². The van der Waals surface area contributed by atoms with Gasteiger partial charge in [-0.3, -0.25) is 0 Å². The number of halogens is 10. The molecule has 0 aliphatic carbocycles. The van der Waals surface area contributed by atoms with Gasteiger partial charge in [-0.1, -0.05) is 113 Å². The van der Waals surface area contributed by atoms with Gasteiger partial charge in [-0.25, -0.2) is 13.2 Å². The van der Waals surface area contributed by atoms with E-state index < -0.39 is 124 Å². The van der Waals surface area contributed by atoms with E-state index in [4.69, 9.17) is 67.1 Å². The topological polar surface area (TPSA) is 211 Å². The van der Waals surface area contributed by atoms with Gasteiger partial charge < -0.3 is 50.0 Å². The van der Waals surface area contributed by atoms with E-state index in [0.29, 0.717) is 72.7 Å². The molecule has 142 heavy (non-hydrogen) atoms. The first-order valence-corrected chi connectivity index (χ1v) is 56.3. The van der Waals surface area contributed by atoms with Crippen LogP contribution in [-0.2, 0) is 71.7 Å². The van der Waals surface area contributed by atoms with E-state index in [0.717, 1.165) is 34.2 Å². The molecule has 28 heteroatoms. The largest absolute Gasteiger partial charge is 0.665 e. The number of aromatic hydroxyl groups is 3. The molecular weight excluding hydrogens is 2190 g/mol. The standard InChI is InChI=1S/4C12H17N.C8H10O3.C6H4Cl2O.C6HF5O.3C6H8N.4C5H10.C4H7F3O.C4H10O.4Mo/c4*1-8(2)10-6-5-7-11(9(3)4)12(10)13;1-10-6-4-3-5-7(11-2)8(6)9;7-4-2-1-3-5(8)6(4)9;7-1-2(8)4(10)6(12)5(11)3(1)9;3*1-5-3-4-6(2)7-5;4*1-5(2,3)4;1-3(2,8)4(5,6)7;1-4(2,3)5;;;;/h4*5-9H,1-4H3;3-5,9H,1-2H3;1-3,9H;12H;3*3-4H,1-2H3;4*1H,2-4H3;8H,1-2H3;5H,1-3H3;;;;/q;;;;;;;3*-1;;;;;;;;;;. The van der Waals surface area contributed by atoms with Crippen LogP contribution in [0.4, 0.5) is 57.9 Å². The van der Waals surface area contributed by atoms with Crippen molar-refractivity contribution in [1.82, 2.24) is 15.0 Å². The zero-order valence-corrected chi connectivity index (χ0v) is 101. The van der Waals surface area contributed by atoms with Crippen molar-refractivity contribution in [2.75, 3.05) is 14.2 Å². The van der Waals surface area contributed by atoms with Gasteiger partial charge in [0.1, 0.15) is 0 Å². The number of phenolic OH excluding ortho intramolecular Hbond substituents is 3. The molecule has 0 saturated heterocycles. The Kier molecular flexibility index (Phi) is 63.1.